The first-order valence-electron chi connectivity index (χ1n) is 5.42. The highest BCUT2D eigenvalue weighted by atomic mass is 32.1. The summed E-state index contributed by atoms with van der Waals surface area (Å²) in [6.07, 6.45) is 0.222. The van der Waals surface area contributed by atoms with Gasteiger partial charge in [-0.25, -0.2) is 4.98 Å². The molecular weight excluding hydrogens is 240 g/mol. The Hall–Kier alpha value is -1.43. The molecule has 1 aromatic rings. The van der Waals surface area contributed by atoms with Crippen LogP contribution in [0.4, 0.5) is 5.13 Å². The quantitative estimate of drug-likeness (QED) is 0.819. The number of nitrogens with one attached hydrogen (secondary N) is 1. The highest BCUT2D eigenvalue weighted by Gasteiger charge is 2.10. The number of hydrogen-bond acceptors (Lipinski definition) is 5. The monoisotopic (exact) mass is 256 g/mol. The molecule has 0 bridgehead atoms. The first-order valence-corrected chi connectivity index (χ1v) is 6.24. The molecule has 0 aromatic carbocycles. The lowest BCUT2D eigenvalue weighted by molar-refractivity contribution is -0.144. The van der Waals surface area contributed by atoms with Crippen LogP contribution in [-0.4, -0.2) is 23.5 Å². The van der Waals surface area contributed by atoms with Crippen LogP contribution in [0.2, 0.25) is 0 Å². The minimum atomic E-state index is -0.353. The van der Waals surface area contributed by atoms with Gasteiger partial charge in [0.05, 0.1) is 18.7 Å². The van der Waals surface area contributed by atoms with Crippen molar-refractivity contribution in [1.29, 1.82) is 0 Å². The lowest BCUT2D eigenvalue weighted by Gasteiger charge is -2.01. The maximum Gasteiger partial charge on any atom is 0.306 e. The van der Waals surface area contributed by atoms with Crippen LogP contribution in [0, 0.1) is 13.8 Å². The molecule has 1 aromatic heterocycles. The first kappa shape index (κ1) is 13.6. The van der Waals surface area contributed by atoms with Gasteiger partial charge < -0.3 is 10.1 Å². The van der Waals surface area contributed by atoms with Crippen molar-refractivity contribution in [1.82, 2.24) is 4.98 Å². The summed E-state index contributed by atoms with van der Waals surface area (Å²) in [5.74, 6) is -0.569. The van der Waals surface area contributed by atoms with E-state index in [-0.39, 0.29) is 24.7 Å². The van der Waals surface area contributed by atoms with E-state index in [9.17, 15) is 9.59 Å². The third kappa shape index (κ3) is 4.52. The van der Waals surface area contributed by atoms with Gasteiger partial charge in [-0.1, -0.05) is 0 Å². The summed E-state index contributed by atoms with van der Waals surface area (Å²) in [6, 6.07) is 0. The Morgan fingerprint density at radius 2 is 2.06 bits per heavy atom. The fourth-order valence-electron chi connectivity index (χ4n) is 1.16. The minimum absolute atomic E-state index is 0.100. The molecule has 0 saturated heterocycles. The van der Waals surface area contributed by atoms with Gasteiger partial charge in [0.25, 0.3) is 0 Å². The van der Waals surface area contributed by atoms with Crippen molar-refractivity contribution in [2.75, 3.05) is 11.9 Å². The second-order valence-corrected chi connectivity index (χ2v) is 4.72. The van der Waals surface area contributed by atoms with E-state index in [1.807, 2.05) is 13.8 Å². The van der Waals surface area contributed by atoms with Crippen molar-refractivity contribution in [3.8, 4) is 0 Å². The SMILES string of the molecule is CCOC(=O)CCC(=O)Nc1nc(C)c(C)s1. The van der Waals surface area contributed by atoms with E-state index in [4.69, 9.17) is 4.74 Å². The van der Waals surface area contributed by atoms with Gasteiger partial charge in [0.15, 0.2) is 5.13 Å². The molecule has 17 heavy (non-hydrogen) atoms. The molecule has 0 unspecified atom stereocenters. The number of carbonyl (C=O) groups is 2. The molecule has 1 rings (SSSR count). The summed E-state index contributed by atoms with van der Waals surface area (Å²) >= 11 is 1.43. The number of rotatable bonds is 5. The zero-order valence-electron chi connectivity index (χ0n) is 10.2. The number of aryl methyl sites for hydroxylation is 2. The van der Waals surface area contributed by atoms with Crippen LogP contribution in [0.1, 0.15) is 30.3 Å². The molecule has 94 valence electrons. The van der Waals surface area contributed by atoms with Gasteiger partial charge in [-0.3, -0.25) is 9.59 Å². The summed E-state index contributed by atoms with van der Waals surface area (Å²) in [7, 11) is 0. The number of thiazole rings is 1. The minimum Gasteiger partial charge on any atom is -0.466 e. The van der Waals surface area contributed by atoms with Gasteiger partial charge in [0.1, 0.15) is 0 Å². The Kier molecular flexibility index (Phi) is 5.09. The summed E-state index contributed by atoms with van der Waals surface area (Å²) in [5, 5.41) is 3.24. The topological polar surface area (TPSA) is 68.3 Å². The highest BCUT2D eigenvalue weighted by Crippen LogP contribution is 2.21. The van der Waals surface area contributed by atoms with Crippen molar-refractivity contribution >= 4 is 28.3 Å². The Bertz CT molecular complexity index is 395. The highest BCUT2D eigenvalue weighted by molar-refractivity contribution is 7.15. The average molecular weight is 256 g/mol. The molecule has 5 nitrogen and oxygen atoms in total. The maximum atomic E-state index is 11.5. The Labute approximate surface area is 104 Å². The molecule has 0 aliphatic rings. The van der Waals surface area contributed by atoms with Gasteiger partial charge >= 0.3 is 5.97 Å². The van der Waals surface area contributed by atoms with Gasteiger partial charge in [-0.05, 0) is 20.8 Å². The maximum absolute atomic E-state index is 11.5. The van der Waals surface area contributed by atoms with Crippen molar-refractivity contribution in [3.05, 3.63) is 10.6 Å². The van der Waals surface area contributed by atoms with E-state index in [2.05, 4.69) is 10.3 Å². The molecule has 0 aliphatic carbocycles. The van der Waals surface area contributed by atoms with E-state index in [0.717, 1.165) is 10.6 Å². The van der Waals surface area contributed by atoms with Crippen LogP contribution in [0.25, 0.3) is 0 Å². The molecule has 1 N–H and O–H groups in total. The fraction of sp³-hybridized carbons (Fsp3) is 0.545. The summed E-state index contributed by atoms with van der Waals surface area (Å²) in [5.41, 5.74) is 0.913. The summed E-state index contributed by atoms with van der Waals surface area (Å²) in [4.78, 5) is 27.8. The predicted molar refractivity (Wildman–Crippen MR) is 66.1 cm³/mol. The van der Waals surface area contributed by atoms with Gasteiger partial charge in [0, 0.05) is 11.3 Å². The van der Waals surface area contributed by atoms with E-state index >= 15 is 0 Å². The Morgan fingerprint density at radius 3 is 2.59 bits per heavy atom. The molecule has 6 heteroatoms. The zero-order valence-corrected chi connectivity index (χ0v) is 11.0. The van der Waals surface area contributed by atoms with Crippen LogP contribution in [0.15, 0.2) is 0 Å². The fourth-order valence-corrected chi connectivity index (χ4v) is 1.99. The third-order valence-electron chi connectivity index (χ3n) is 2.14. The van der Waals surface area contributed by atoms with Crippen molar-refractivity contribution < 1.29 is 14.3 Å². The molecule has 0 radical (unpaired) electrons. The second kappa shape index (κ2) is 6.34. The summed E-state index contributed by atoms with van der Waals surface area (Å²) in [6.45, 7) is 5.91. The normalized spacial score (nSPS) is 10.1. The largest absolute Gasteiger partial charge is 0.466 e. The predicted octanol–water partition coefficient (Wildman–Crippen LogP) is 2.04. The van der Waals surface area contributed by atoms with Gasteiger partial charge in [-0.15, -0.1) is 11.3 Å². The Morgan fingerprint density at radius 1 is 1.35 bits per heavy atom. The zero-order chi connectivity index (χ0) is 12.8. The van der Waals surface area contributed by atoms with Crippen molar-refractivity contribution in [2.24, 2.45) is 0 Å². The number of carbonyl (C=O) groups excluding carboxylic acids is 2. The standard InChI is InChI=1S/C11H16N2O3S/c1-4-16-10(15)6-5-9(14)13-11-12-7(2)8(3)17-11/h4-6H2,1-3H3,(H,12,13,14). The van der Waals surface area contributed by atoms with E-state index < -0.39 is 0 Å². The first-order chi connectivity index (χ1) is 8.02. The van der Waals surface area contributed by atoms with Crippen LogP contribution in [0.5, 0.6) is 0 Å². The molecule has 1 heterocycles. The lowest BCUT2D eigenvalue weighted by Crippen LogP contribution is -2.14. The number of anilines is 1. The van der Waals surface area contributed by atoms with Crippen LogP contribution in [0.3, 0.4) is 0 Å². The molecule has 1 amide bonds. The average Bonchev–Trinajstić information content (AvgIpc) is 2.55. The number of esters is 1. The van der Waals surface area contributed by atoms with Crippen LogP contribution < -0.4 is 5.32 Å². The third-order valence-corrected chi connectivity index (χ3v) is 3.12. The van der Waals surface area contributed by atoms with Crippen molar-refractivity contribution in [3.63, 3.8) is 0 Å². The van der Waals surface area contributed by atoms with E-state index in [0.29, 0.717) is 11.7 Å². The number of aromatic nitrogens is 1. The van der Waals surface area contributed by atoms with E-state index in [1.54, 1.807) is 6.92 Å². The molecule has 0 atom stereocenters. The summed E-state index contributed by atoms with van der Waals surface area (Å²) < 4.78 is 4.73. The van der Waals surface area contributed by atoms with Crippen molar-refractivity contribution in [2.45, 2.75) is 33.6 Å². The number of amides is 1. The number of ether oxygens (including phenoxy) is 1. The smallest absolute Gasteiger partial charge is 0.306 e. The van der Waals surface area contributed by atoms with Gasteiger partial charge in [0.2, 0.25) is 5.91 Å². The molecule has 0 saturated carbocycles. The number of hydrogen-bond donors (Lipinski definition) is 1. The molecule has 0 spiro atoms. The van der Waals surface area contributed by atoms with Gasteiger partial charge in [-0.2, -0.15) is 0 Å². The van der Waals surface area contributed by atoms with Crippen LogP contribution >= 0.6 is 11.3 Å². The molecular formula is C11H16N2O3S. The number of nitrogens with zero attached hydrogens (tertiary/aromatic N) is 1. The lowest BCUT2D eigenvalue weighted by atomic mass is 10.3. The second-order valence-electron chi connectivity index (χ2n) is 3.51. The Balaban J connectivity index is 2.37. The van der Waals surface area contributed by atoms with Crippen LogP contribution in [-0.2, 0) is 14.3 Å². The molecule has 0 aliphatic heterocycles. The molecule has 0 fully saturated rings. The van der Waals surface area contributed by atoms with E-state index in [1.165, 1.54) is 11.3 Å².